The second-order valence-corrected chi connectivity index (χ2v) is 7.37. The van der Waals surface area contributed by atoms with Crippen molar-refractivity contribution in [2.45, 2.75) is 50.2 Å². The maximum atomic E-state index is 12.0. The van der Waals surface area contributed by atoms with Gasteiger partial charge in [-0.25, -0.2) is 9.80 Å². The monoisotopic (exact) mass is 370 g/mol. The summed E-state index contributed by atoms with van der Waals surface area (Å²) in [5.74, 6) is 1.66. The zero-order chi connectivity index (χ0) is 17.2. The highest BCUT2D eigenvalue weighted by Crippen LogP contribution is 2.43. The van der Waals surface area contributed by atoms with Crippen LogP contribution < -0.4 is 21.5 Å². The molecule has 2 fully saturated rings. The van der Waals surface area contributed by atoms with Crippen LogP contribution in [0.4, 0.5) is 10.5 Å². The highest BCUT2D eigenvalue weighted by Gasteiger charge is 2.27. The summed E-state index contributed by atoms with van der Waals surface area (Å²) in [4.78, 5) is 13.2. The Kier molecular flexibility index (Phi) is 5.86. The van der Waals surface area contributed by atoms with Crippen molar-refractivity contribution in [3.05, 3.63) is 59.2 Å². The standard InChI is InChI=1S/C19H22N4OS.CH4/c1-2-13-7-5-9-17(23-19(24)20-21-22-23)18(13)25-12-15-6-3-4-8-16(15)14-10-11-14;/h3-9,14,21-22H,2,10-12H2,1H3,(H,20,24);1H4. The number of aryl methyl sites for hydroxylation is 1. The minimum absolute atomic E-state index is 0. The first-order chi connectivity index (χ1) is 12.3. The van der Waals surface area contributed by atoms with Crippen LogP contribution in [0.15, 0.2) is 47.4 Å². The van der Waals surface area contributed by atoms with E-state index in [4.69, 9.17) is 0 Å². The Balaban J connectivity index is 0.00000196. The van der Waals surface area contributed by atoms with Crippen molar-refractivity contribution in [2.75, 3.05) is 5.01 Å². The van der Waals surface area contributed by atoms with Gasteiger partial charge < -0.3 is 0 Å². The molecule has 1 aliphatic carbocycles. The lowest BCUT2D eigenvalue weighted by Crippen LogP contribution is -2.38. The van der Waals surface area contributed by atoms with Gasteiger partial charge in [0.25, 0.3) is 0 Å². The molecule has 4 rings (SSSR count). The molecule has 2 aliphatic rings. The third-order valence-corrected chi connectivity index (χ3v) is 5.90. The Morgan fingerprint density at radius 3 is 2.58 bits per heavy atom. The Hall–Kier alpha value is -2.02. The molecule has 2 aromatic rings. The van der Waals surface area contributed by atoms with Crippen molar-refractivity contribution in [2.24, 2.45) is 0 Å². The van der Waals surface area contributed by atoms with Crippen LogP contribution >= 0.6 is 11.8 Å². The quantitative estimate of drug-likeness (QED) is 0.655. The summed E-state index contributed by atoms with van der Waals surface area (Å²) in [7, 11) is 0. The van der Waals surface area contributed by atoms with E-state index in [2.05, 4.69) is 53.8 Å². The molecule has 1 aliphatic heterocycles. The number of hydrazine groups is 3. The number of anilines is 1. The van der Waals surface area contributed by atoms with Gasteiger partial charge in [0.15, 0.2) is 0 Å². The van der Waals surface area contributed by atoms with Gasteiger partial charge in [0.1, 0.15) is 0 Å². The van der Waals surface area contributed by atoms with E-state index in [-0.39, 0.29) is 13.5 Å². The van der Waals surface area contributed by atoms with Crippen LogP contribution in [-0.4, -0.2) is 6.03 Å². The van der Waals surface area contributed by atoms with Gasteiger partial charge in [0.05, 0.1) is 5.69 Å². The highest BCUT2D eigenvalue weighted by molar-refractivity contribution is 7.98. The number of nitrogens with one attached hydrogen (secondary N) is 3. The first kappa shape index (κ1) is 18.8. The summed E-state index contributed by atoms with van der Waals surface area (Å²) >= 11 is 1.81. The largest absolute Gasteiger partial charge is 0.353 e. The lowest BCUT2D eigenvalue weighted by atomic mass is 10.1. The Labute approximate surface area is 159 Å². The number of hydrogen-bond acceptors (Lipinski definition) is 4. The molecule has 1 heterocycles. The fraction of sp³-hybridized carbons (Fsp3) is 0.350. The zero-order valence-electron chi connectivity index (χ0n) is 14.2. The molecule has 0 spiro atoms. The Morgan fingerprint density at radius 1 is 1.12 bits per heavy atom. The number of benzene rings is 2. The molecular formula is C20H26N4OS. The molecule has 0 bridgehead atoms. The molecule has 0 unspecified atom stereocenters. The summed E-state index contributed by atoms with van der Waals surface area (Å²) in [6.07, 6.45) is 3.55. The van der Waals surface area contributed by atoms with Gasteiger partial charge in [0, 0.05) is 10.6 Å². The van der Waals surface area contributed by atoms with Crippen molar-refractivity contribution in [3.63, 3.8) is 0 Å². The number of carbonyl (C=O) groups excluding carboxylic acids is 1. The maximum absolute atomic E-state index is 12.0. The van der Waals surface area contributed by atoms with Crippen molar-refractivity contribution < 1.29 is 4.79 Å². The average Bonchev–Trinajstić information content (AvgIpc) is 3.41. The molecule has 138 valence electrons. The van der Waals surface area contributed by atoms with Gasteiger partial charge in [0.2, 0.25) is 0 Å². The number of hydrogen-bond donors (Lipinski definition) is 3. The molecule has 1 saturated heterocycles. The molecule has 2 aromatic carbocycles. The SMILES string of the molecule is C.CCc1cccc(N2NNNC2=O)c1SCc1ccccc1C1CC1. The molecule has 3 N–H and O–H groups in total. The van der Waals surface area contributed by atoms with Crippen LogP contribution in [-0.2, 0) is 12.2 Å². The van der Waals surface area contributed by atoms with Crippen LogP contribution in [0.1, 0.15) is 49.8 Å². The number of amides is 2. The van der Waals surface area contributed by atoms with E-state index >= 15 is 0 Å². The predicted molar refractivity (Wildman–Crippen MR) is 108 cm³/mol. The van der Waals surface area contributed by atoms with Gasteiger partial charge in [-0.1, -0.05) is 50.7 Å². The molecule has 26 heavy (non-hydrogen) atoms. The minimum Gasteiger partial charge on any atom is -0.257 e. The zero-order valence-corrected chi connectivity index (χ0v) is 15.0. The minimum atomic E-state index is -0.200. The van der Waals surface area contributed by atoms with Gasteiger partial charge in [-0.05, 0) is 47.9 Å². The molecule has 5 nitrogen and oxygen atoms in total. The van der Waals surface area contributed by atoms with Crippen LogP contribution in [0, 0.1) is 0 Å². The summed E-state index contributed by atoms with van der Waals surface area (Å²) in [5, 5.41) is 1.52. The Bertz CT molecular complexity index is 791. The molecule has 6 heteroatoms. The van der Waals surface area contributed by atoms with E-state index in [1.54, 1.807) is 0 Å². The summed E-state index contributed by atoms with van der Waals surface area (Å²) in [6.45, 7) is 2.15. The number of thioether (sulfide) groups is 1. The van der Waals surface area contributed by atoms with Crippen molar-refractivity contribution in [1.29, 1.82) is 0 Å². The first-order valence-corrected chi connectivity index (χ1v) is 9.69. The summed E-state index contributed by atoms with van der Waals surface area (Å²) in [5.41, 5.74) is 13.1. The van der Waals surface area contributed by atoms with E-state index in [9.17, 15) is 4.79 Å². The number of rotatable bonds is 6. The maximum Gasteiger partial charge on any atom is 0.353 e. The lowest BCUT2D eigenvalue weighted by molar-refractivity contribution is 0.250. The molecule has 2 amide bonds. The summed E-state index contributed by atoms with van der Waals surface area (Å²) in [6, 6.07) is 14.7. The van der Waals surface area contributed by atoms with Crippen molar-refractivity contribution in [3.8, 4) is 0 Å². The molecule has 0 aromatic heterocycles. The second kappa shape index (κ2) is 8.12. The second-order valence-electron chi connectivity index (χ2n) is 6.38. The van der Waals surface area contributed by atoms with Gasteiger partial charge in [-0.2, -0.15) is 0 Å². The van der Waals surface area contributed by atoms with Gasteiger partial charge >= 0.3 is 6.03 Å². The third-order valence-electron chi connectivity index (χ3n) is 4.68. The lowest BCUT2D eigenvalue weighted by Gasteiger charge is -2.20. The smallest absolute Gasteiger partial charge is 0.257 e. The van der Waals surface area contributed by atoms with E-state index in [1.165, 1.54) is 34.5 Å². The molecule has 0 atom stereocenters. The average molecular weight is 371 g/mol. The highest BCUT2D eigenvalue weighted by atomic mass is 32.2. The van der Waals surface area contributed by atoms with Crippen LogP contribution in [0.5, 0.6) is 0 Å². The van der Waals surface area contributed by atoms with Gasteiger partial charge in [-0.3, -0.25) is 5.43 Å². The van der Waals surface area contributed by atoms with Crippen LogP contribution in [0.2, 0.25) is 0 Å². The van der Waals surface area contributed by atoms with E-state index in [0.717, 1.165) is 28.7 Å². The fourth-order valence-corrected chi connectivity index (χ4v) is 4.48. The third kappa shape index (κ3) is 3.72. The van der Waals surface area contributed by atoms with E-state index < -0.39 is 0 Å². The van der Waals surface area contributed by atoms with Crippen LogP contribution in [0.25, 0.3) is 0 Å². The van der Waals surface area contributed by atoms with E-state index in [1.807, 2.05) is 23.9 Å². The molecular weight excluding hydrogens is 344 g/mol. The topological polar surface area (TPSA) is 56.4 Å². The molecule has 0 radical (unpaired) electrons. The molecule has 1 saturated carbocycles. The number of nitrogens with zero attached hydrogens (tertiary/aromatic N) is 1. The van der Waals surface area contributed by atoms with E-state index in [0.29, 0.717) is 0 Å². The van der Waals surface area contributed by atoms with Crippen LogP contribution in [0.3, 0.4) is 0 Å². The predicted octanol–water partition coefficient (Wildman–Crippen LogP) is 4.51. The normalized spacial score (nSPS) is 16.3. The first-order valence-electron chi connectivity index (χ1n) is 8.71. The van der Waals surface area contributed by atoms with Crippen molar-refractivity contribution >= 4 is 23.5 Å². The Morgan fingerprint density at radius 2 is 1.88 bits per heavy atom. The van der Waals surface area contributed by atoms with Crippen molar-refractivity contribution in [1.82, 2.24) is 16.5 Å². The summed E-state index contributed by atoms with van der Waals surface area (Å²) < 4.78 is 0. The van der Waals surface area contributed by atoms with Gasteiger partial charge in [-0.15, -0.1) is 22.8 Å². The number of carbonyl (C=O) groups is 1. The fourth-order valence-electron chi connectivity index (χ4n) is 3.21. The number of urea groups is 1.